The van der Waals surface area contributed by atoms with E-state index in [1.54, 1.807) is 0 Å². The number of nitrogens with one attached hydrogen (secondary N) is 1. The first-order valence-corrected chi connectivity index (χ1v) is 7.46. The van der Waals surface area contributed by atoms with Crippen molar-refractivity contribution in [2.75, 3.05) is 29.9 Å². The number of benzene rings is 2. The summed E-state index contributed by atoms with van der Waals surface area (Å²) in [6.45, 7) is 3.03. The highest BCUT2D eigenvalue weighted by Crippen LogP contribution is 2.14. The number of hydrogen-bond donors (Lipinski definition) is 2. The Balaban J connectivity index is 2.00. The number of para-hydroxylation sites is 1. The predicted octanol–water partition coefficient (Wildman–Crippen LogP) is 2.82. The number of amides is 1. The van der Waals surface area contributed by atoms with Crippen LogP contribution in [0.15, 0.2) is 54.6 Å². The maximum absolute atomic E-state index is 12.2. The molecule has 0 unspecified atom stereocenters. The van der Waals surface area contributed by atoms with E-state index < -0.39 is 0 Å². The summed E-state index contributed by atoms with van der Waals surface area (Å²) in [5.41, 5.74) is 2.94. The SMILES string of the molecule is Cc1ccc(NC(=O)CN(CCCO)c2ccccc2)cc1. The van der Waals surface area contributed by atoms with Gasteiger partial charge < -0.3 is 15.3 Å². The van der Waals surface area contributed by atoms with Gasteiger partial charge in [0.1, 0.15) is 0 Å². The van der Waals surface area contributed by atoms with E-state index in [-0.39, 0.29) is 19.1 Å². The van der Waals surface area contributed by atoms with Crippen LogP contribution in [-0.4, -0.2) is 30.7 Å². The molecule has 2 aromatic carbocycles. The molecule has 0 radical (unpaired) electrons. The van der Waals surface area contributed by atoms with Crippen LogP contribution < -0.4 is 10.2 Å². The van der Waals surface area contributed by atoms with Gasteiger partial charge >= 0.3 is 0 Å². The second kappa shape index (κ2) is 8.20. The molecule has 0 aliphatic rings. The van der Waals surface area contributed by atoms with Crippen molar-refractivity contribution in [2.45, 2.75) is 13.3 Å². The minimum absolute atomic E-state index is 0.0642. The summed E-state index contributed by atoms with van der Waals surface area (Å²) >= 11 is 0. The van der Waals surface area contributed by atoms with Gasteiger partial charge in [-0.3, -0.25) is 4.79 Å². The molecule has 0 aliphatic carbocycles. The number of aliphatic hydroxyl groups is 1. The molecular formula is C18H22N2O2. The van der Waals surface area contributed by atoms with Crippen molar-refractivity contribution in [3.8, 4) is 0 Å². The summed E-state index contributed by atoms with van der Waals surface area (Å²) in [6.07, 6.45) is 0.632. The fourth-order valence-electron chi connectivity index (χ4n) is 2.21. The first-order valence-electron chi connectivity index (χ1n) is 7.46. The van der Waals surface area contributed by atoms with E-state index in [1.807, 2.05) is 66.4 Å². The molecule has 0 bridgehead atoms. The number of anilines is 2. The molecule has 22 heavy (non-hydrogen) atoms. The lowest BCUT2D eigenvalue weighted by Gasteiger charge is -2.24. The number of rotatable bonds is 7. The largest absolute Gasteiger partial charge is 0.396 e. The van der Waals surface area contributed by atoms with E-state index in [4.69, 9.17) is 5.11 Å². The maximum atomic E-state index is 12.2. The van der Waals surface area contributed by atoms with Gasteiger partial charge in [0.25, 0.3) is 0 Å². The van der Waals surface area contributed by atoms with Crippen LogP contribution in [0.5, 0.6) is 0 Å². The molecule has 0 atom stereocenters. The summed E-state index contributed by atoms with van der Waals surface area (Å²) in [6, 6.07) is 17.5. The number of aliphatic hydroxyl groups excluding tert-OH is 1. The third kappa shape index (κ3) is 4.90. The lowest BCUT2D eigenvalue weighted by atomic mass is 10.2. The molecule has 4 heteroatoms. The molecular weight excluding hydrogens is 276 g/mol. The van der Waals surface area contributed by atoms with E-state index in [0.29, 0.717) is 13.0 Å². The average Bonchev–Trinajstić information content (AvgIpc) is 2.54. The lowest BCUT2D eigenvalue weighted by molar-refractivity contribution is -0.115. The molecule has 116 valence electrons. The molecule has 0 heterocycles. The van der Waals surface area contributed by atoms with Crippen molar-refractivity contribution in [1.82, 2.24) is 0 Å². The van der Waals surface area contributed by atoms with Crippen LogP contribution in [0, 0.1) is 6.92 Å². The number of nitrogens with zero attached hydrogens (tertiary/aromatic N) is 1. The Morgan fingerprint density at radius 1 is 1.09 bits per heavy atom. The monoisotopic (exact) mass is 298 g/mol. The molecule has 0 saturated heterocycles. The lowest BCUT2D eigenvalue weighted by Crippen LogP contribution is -2.34. The Bertz CT molecular complexity index is 582. The van der Waals surface area contributed by atoms with E-state index in [9.17, 15) is 4.79 Å². The molecule has 0 spiro atoms. The third-order valence-corrected chi connectivity index (χ3v) is 3.38. The van der Waals surface area contributed by atoms with Crippen LogP contribution in [0.1, 0.15) is 12.0 Å². The Hall–Kier alpha value is -2.33. The number of carbonyl (C=O) groups is 1. The predicted molar refractivity (Wildman–Crippen MR) is 90.2 cm³/mol. The second-order valence-corrected chi connectivity index (χ2v) is 5.25. The zero-order valence-corrected chi connectivity index (χ0v) is 12.8. The Morgan fingerprint density at radius 3 is 2.41 bits per heavy atom. The van der Waals surface area contributed by atoms with Gasteiger partial charge in [0.05, 0.1) is 6.54 Å². The molecule has 2 rings (SSSR count). The van der Waals surface area contributed by atoms with Crippen LogP contribution in [-0.2, 0) is 4.79 Å². The molecule has 0 aliphatic heterocycles. The van der Waals surface area contributed by atoms with Gasteiger partial charge in [0.2, 0.25) is 5.91 Å². The van der Waals surface area contributed by atoms with Crippen LogP contribution in [0.4, 0.5) is 11.4 Å². The minimum atomic E-state index is -0.0642. The number of hydrogen-bond acceptors (Lipinski definition) is 3. The average molecular weight is 298 g/mol. The zero-order chi connectivity index (χ0) is 15.8. The number of carbonyl (C=O) groups excluding carboxylic acids is 1. The van der Waals surface area contributed by atoms with Gasteiger partial charge in [-0.25, -0.2) is 0 Å². The quantitative estimate of drug-likeness (QED) is 0.826. The van der Waals surface area contributed by atoms with Gasteiger partial charge in [-0.1, -0.05) is 35.9 Å². The highest BCUT2D eigenvalue weighted by Gasteiger charge is 2.11. The molecule has 1 amide bonds. The zero-order valence-electron chi connectivity index (χ0n) is 12.8. The van der Waals surface area contributed by atoms with Gasteiger partial charge in [0, 0.05) is 24.5 Å². The van der Waals surface area contributed by atoms with Crippen molar-refractivity contribution in [2.24, 2.45) is 0 Å². The van der Waals surface area contributed by atoms with E-state index in [1.165, 1.54) is 0 Å². The summed E-state index contributed by atoms with van der Waals surface area (Å²) in [7, 11) is 0. The Kier molecular flexibility index (Phi) is 5.98. The van der Waals surface area contributed by atoms with E-state index in [0.717, 1.165) is 16.9 Å². The van der Waals surface area contributed by atoms with Gasteiger partial charge in [-0.05, 0) is 37.6 Å². The van der Waals surface area contributed by atoms with Crippen LogP contribution in [0.3, 0.4) is 0 Å². The summed E-state index contributed by atoms with van der Waals surface area (Å²) in [5.74, 6) is -0.0642. The first-order chi connectivity index (χ1) is 10.7. The van der Waals surface area contributed by atoms with Crippen molar-refractivity contribution in [3.05, 3.63) is 60.2 Å². The molecule has 2 aromatic rings. The Labute approximate surface area is 131 Å². The Morgan fingerprint density at radius 2 is 1.77 bits per heavy atom. The fourth-order valence-corrected chi connectivity index (χ4v) is 2.21. The highest BCUT2D eigenvalue weighted by atomic mass is 16.3. The van der Waals surface area contributed by atoms with E-state index in [2.05, 4.69) is 5.32 Å². The van der Waals surface area contributed by atoms with Gasteiger partial charge in [-0.2, -0.15) is 0 Å². The summed E-state index contributed by atoms with van der Waals surface area (Å²) in [5, 5.41) is 11.9. The summed E-state index contributed by atoms with van der Waals surface area (Å²) < 4.78 is 0. The first kappa shape index (κ1) is 16.0. The minimum Gasteiger partial charge on any atom is -0.396 e. The second-order valence-electron chi connectivity index (χ2n) is 5.25. The standard InChI is InChI=1S/C18H22N2O2/c1-15-8-10-16(11-9-15)19-18(22)14-20(12-5-13-21)17-6-3-2-4-7-17/h2-4,6-11,21H,5,12-14H2,1H3,(H,19,22). The van der Waals surface area contributed by atoms with E-state index >= 15 is 0 Å². The van der Waals surface area contributed by atoms with Crippen molar-refractivity contribution >= 4 is 17.3 Å². The molecule has 0 saturated carbocycles. The van der Waals surface area contributed by atoms with Gasteiger partial charge in [-0.15, -0.1) is 0 Å². The van der Waals surface area contributed by atoms with Gasteiger partial charge in [0.15, 0.2) is 0 Å². The third-order valence-electron chi connectivity index (χ3n) is 3.38. The normalized spacial score (nSPS) is 10.3. The molecule has 2 N–H and O–H groups in total. The topological polar surface area (TPSA) is 52.6 Å². The fraction of sp³-hybridized carbons (Fsp3) is 0.278. The van der Waals surface area contributed by atoms with Crippen molar-refractivity contribution < 1.29 is 9.90 Å². The van der Waals surface area contributed by atoms with Crippen molar-refractivity contribution in [1.29, 1.82) is 0 Å². The maximum Gasteiger partial charge on any atom is 0.243 e. The molecule has 0 aromatic heterocycles. The smallest absolute Gasteiger partial charge is 0.243 e. The van der Waals surface area contributed by atoms with Crippen molar-refractivity contribution in [3.63, 3.8) is 0 Å². The van der Waals surface area contributed by atoms with Crippen LogP contribution in [0.2, 0.25) is 0 Å². The van der Waals surface area contributed by atoms with Crippen LogP contribution >= 0.6 is 0 Å². The summed E-state index contributed by atoms with van der Waals surface area (Å²) in [4.78, 5) is 14.2. The number of aryl methyl sites for hydroxylation is 1. The molecule has 0 fully saturated rings. The molecule has 4 nitrogen and oxygen atoms in total. The van der Waals surface area contributed by atoms with Crippen LogP contribution in [0.25, 0.3) is 0 Å². The highest BCUT2D eigenvalue weighted by molar-refractivity contribution is 5.94.